The number of aryl methyl sites for hydroxylation is 1. The summed E-state index contributed by atoms with van der Waals surface area (Å²) in [4.78, 5) is 12.8. The van der Waals surface area contributed by atoms with Crippen molar-refractivity contribution in [1.29, 1.82) is 0 Å². The molecule has 1 aromatic carbocycles. The molecule has 0 spiro atoms. The summed E-state index contributed by atoms with van der Waals surface area (Å²) >= 11 is 0. The SMILES string of the molecule is Cc1ccc(N2CCN[C@H]2C(=O)O)cc1. The molecule has 0 radical (unpaired) electrons. The maximum absolute atomic E-state index is 10.9. The lowest BCUT2D eigenvalue weighted by atomic mass is 10.2. The van der Waals surface area contributed by atoms with E-state index in [0.29, 0.717) is 6.54 Å². The second-order valence-electron chi connectivity index (χ2n) is 3.72. The Balaban J connectivity index is 2.22. The van der Waals surface area contributed by atoms with E-state index in [1.807, 2.05) is 36.1 Å². The highest BCUT2D eigenvalue weighted by Crippen LogP contribution is 2.19. The van der Waals surface area contributed by atoms with Crippen molar-refractivity contribution < 1.29 is 9.90 Å². The van der Waals surface area contributed by atoms with Gasteiger partial charge in [-0.25, -0.2) is 4.79 Å². The van der Waals surface area contributed by atoms with Crippen LogP contribution in [-0.2, 0) is 4.79 Å². The number of rotatable bonds is 2. The summed E-state index contributed by atoms with van der Waals surface area (Å²) in [5, 5.41) is 11.9. The van der Waals surface area contributed by atoms with Gasteiger partial charge in [-0.05, 0) is 19.1 Å². The summed E-state index contributed by atoms with van der Waals surface area (Å²) < 4.78 is 0. The van der Waals surface area contributed by atoms with Gasteiger partial charge in [-0.1, -0.05) is 17.7 Å². The maximum Gasteiger partial charge on any atom is 0.341 e. The van der Waals surface area contributed by atoms with Crippen LogP contribution in [0.4, 0.5) is 5.69 Å². The third-order valence-corrected chi connectivity index (χ3v) is 2.60. The fourth-order valence-corrected chi connectivity index (χ4v) is 1.80. The van der Waals surface area contributed by atoms with E-state index in [4.69, 9.17) is 5.11 Å². The molecule has 2 rings (SSSR count). The van der Waals surface area contributed by atoms with Gasteiger partial charge in [0.2, 0.25) is 0 Å². The Bertz CT molecular complexity index is 361. The van der Waals surface area contributed by atoms with E-state index < -0.39 is 12.1 Å². The minimum atomic E-state index is -0.826. The summed E-state index contributed by atoms with van der Waals surface area (Å²) in [6.45, 7) is 3.46. The van der Waals surface area contributed by atoms with Gasteiger partial charge in [-0.2, -0.15) is 0 Å². The first kappa shape index (κ1) is 9.98. The molecule has 80 valence electrons. The number of carboxylic acids is 1. The van der Waals surface area contributed by atoms with Crippen molar-refractivity contribution in [1.82, 2.24) is 5.32 Å². The molecule has 2 N–H and O–H groups in total. The van der Waals surface area contributed by atoms with Gasteiger partial charge in [0.05, 0.1) is 0 Å². The predicted octanol–water partition coefficient (Wildman–Crippen LogP) is 0.815. The molecule has 0 aliphatic carbocycles. The molecule has 1 saturated heterocycles. The third kappa shape index (κ3) is 1.94. The molecule has 4 nitrogen and oxygen atoms in total. The van der Waals surface area contributed by atoms with Gasteiger partial charge in [-0.15, -0.1) is 0 Å². The highest BCUT2D eigenvalue weighted by atomic mass is 16.4. The summed E-state index contributed by atoms with van der Waals surface area (Å²) in [6, 6.07) is 7.90. The van der Waals surface area contributed by atoms with Crippen LogP contribution >= 0.6 is 0 Å². The molecule has 1 aliphatic heterocycles. The molecule has 1 aromatic rings. The number of hydrogen-bond acceptors (Lipinski definition) is 3. The molecular weight excluding hydrogens is 192 g/mol. The Labute approximate surface area is 88.5 Å². The van der Waals surface area contributed by atoms with Crippen LogP contribution in [0.3, 0.4) is 0 Å². The largest absolute Gasteiger partial charge is 0.479 e. The highest BCUT2D eigenvalue weighted by molar-refractivity contribution is 5.78. The first-order valence-electron chi connectivity index (χ1n) is 4.98. The zero-order chi connectivity index (χ0) is 10.8. The number of carbonyl (C=O) groups is 1. The molecule has 0 amide bonds. The fourth-order valence-electron chi connectivity index (χ4n) is 1.80. The Morgan fingerprint density at radius 3 is 2.73 bits per heavy atom. The van der Waals surface area contributed by atoms with Gasteiger partial charge in [0.25, 0.3) is 0 Å². The van der Waals surface area contributed by atoms with Gasteiger partial charge in [0, 0.05) is 18.8 Å². The average Bonchev–Trinajstić information content (AvgIpc) is 2.67. The summed E-state index contributed by atoms with van der Waals surface area (Å²) in [5.41, 5.74) is 2.13. The third-order valence-electron chi connectivity index (χ3n) is 2.60. The van der Waals surface area contributed by atoms with Crippen LogP contribution < -0.4 is 10.2 Å². The Morgan fingerprint density at radius 2 is 2.13 bits per heavy atom. The van der Waals surface area contributed by atoms with Gasteiger partial charge in [-0.3, -0.25) is 5.32 Å². The normalized spacial score (nSPS) is 20.6. The zero-order valence-corrected chi connectivity index (χ0v) is 8.60. The average molecular weight is 206 g/mol. The highest BCUT2D eigenvalue weighted by Gasteiger charge is 2.29. The molecule has 0 bridgehead atoms. The van der Waals surface area contributed by atoms with E-state index in [1.54, 1.807) is 0 Å². The van der Waals surface area contributed by atoms with Crippen LogP contribution in [-0.4, -0.2) is 30.3 Å². The Hall–Kier alpha value is -1.55. The lowest BCUT2D eigenvalue weighted by Gasteiger charge is -2.22. The molecule has 4 heteroatoms. The number of nitrogens with zero attached hydrogens (tertiary/aromatic N) is 1. The number of carboxylic acid groups (broad SMARTS) is 1. The van der Waals surface area contributed by atoms with E-state index in [1.165, 1.54) is 5.56 Å². The first-order chi connectivity index (χ1) is 7.18. The van der Waals surface area contributed by atoms with Gasteiger partial charge >= 0.3 is 5.97 Å². The van der Waals surface area contributed by atoms with Crippen molar-refractivity contribution in [2.75, 3.05) is 18.0 Å². The van der Waals surface area contributed by atoms with E-state index in [0.717, 1.165) is 12.2 Å². The Morgan fingerprint density at radius 1 is 1.47 bits per heavy atom. The molecule has 0 unspecified atom stereocenters. The predicted molar refractivity (Wildman–Crippen MR) is 58.0 cm³/mol. The molecule has 1 heterocycles. The first-order valence-corrected chi connectivity index (χ1v) is 4.98. The number of aliphatic carboxylic acids is 1. The number of anilines is 1. The van der Waals surface area contributed by atoms with Crippen molar-refractivity contribution in [3.8, 4) is 0 Å². The number of hydrogen-bond donors (Lipinski definition) is 2. The van der Waals surface area contributed by atoms with Crippen LogP contribution in [0.5, 0.6) is 0 Å². The van der Waals surface area contributed by atoms with Crippen molar-refractivity contribution in [3.05, 3.63) is 29.8 Å². The zero-order valence-electron chi connectivity index (χ0n) is 8.60. The van der Waals surface area contributed by atoms with Gasteiger partial charge in [0.1, 0.15) is 0 Å². The summed E-state index contributed by atoms with van der Waals surface area (Å²) in [5.74, 6) is -0.826. The molecule has 1 fully saturated rings. The summed E-state index contributed by atoms with van der Waals surface area (Å²) in [7, 11) is 0. The van der Waals surface area contributed by atoms with Gasteiger partial charge in [0.15, 0.2) is 6.17 Å². The van der Waals surface area contributed by atoms with E-state index >= 15 is 0 Å². The fraction of sp³-hybridized carbons (Fsp3) is 0.364. The molecule has 1 atom stereocenters. The minimum Gasteiger partial charge on any atom is -0.479 e. The van der Waals surface area contributed by atoms with Crippen molar-refractivity contribution in [3.63, 3.8) is 0 Å². The molecule has 15 heavy (non-hydrogen) atoms. The van der Waals surface area contributed by atoms with Crippen LogP contribution in [0.2, 0.25) is 0 Å². The molecule has 1 aliphatic rings. The lowest BCUT2D eigenvalue weighted by molar-refractivity contribution is -0.138. The summed E-state index contributed by atoms with van der Waals surface area (Å²) in [6.07, 6.45) is -0.590. The second kappa shape index (κ2) is 3.90. The van der Waals surface area contributed by atoms with Crippen LogP contribution in [0.15, 0.2) is 24.3 Å². The van der Waals surface area contributed by atoms with Crippen molar-refractivity contribution >= 4 is 11.7 Å². The van der Waals surface area contributed by atoms with Crippen molar-refractivity contribution in [2.45, 2.75) is 13.1 Å². The van der Waals surface area contributed by atoms with Gasteiger partial charge < -0.3 is 10.0 Å². The van der Waals surface area contributed by atoms with E-state index in [-0.39, 0.29) is 0 Å². The van der Waals surface area contributed by atoms with Crippen LogP contribution in [0.25, 0.3) is 0 Å². The topological polar surface area (TPSA) is 52.6 Å². The molecular formula is C11H14N2O2. The van der Waals surface area contributed by atoms with Crippen LogP contribution in [0, 0.1) is 6.92 Å². The molecule has 0 saturated carbocycles. The smallest absolute Gasteiger partial charge is 0.341 e. The maximum atomic E-state index is 10.9. The van der Waals surface area contributed by atoms with Crippen LogP contribution in [0.1, 0.15) is 5.56 Å². The van der Waals surface area contributed by atoms with Crippen molar-refractivity contribution in [2.24, 2.45) is 0 Å². The number of nitrogens with one attached hydrogen (secondary N) is 1. The second-order valence-corrected chi connectivity index (χ2v) is 3.72. The molecule has 0 aromatic heterocycles. The Kier molecular flexibility index (Phi) is 2.60. The lowest BCUT2D eigenvalue weighted by Crippen LogP contribution is -2.42. The standard InChI is InChI=1S/C11H14N2O2/c1-8-2-4-9(5-3-8)13-7-6-12-10(13)11(14)15/h2-5,10,12H,6-7H2,1H3,(H,14,15)/t10-/m1/s1. The van der Waals surface area contributed by atoms with E-state index in [2.05, 4.69) is 5.32 Å². The quantitative estimate of drug-likeness (QED) is 0.752. The minimum absolute atomic E-state index is 0.590. The number of benzene rings is 1. The van der Waals surface area contributed by atoms with E-state index in [9.17, 15) is 4.79 Å². The monoisotopic (exact) mass is 206 g/mol.